The third kappa shape index (κ3) is 4.87. The molecular weight excluding hydrogens is 262 g/mol. The molecule has 0 saturated carbocycles. The number of aromatic nitrogens is 2. The van der Waals surface area contributed by atoms with Gasteiger partial charge in [0, 0.05) is 23.9 Å². The van der Waals surface area contributed by atoms with Crippen LogP contribution in [-0.2, 0) is 16.6 Å². The van der Waals surface area contributed by atoms with E-state index in [1.54, 1.807) is 16.4 Å². The number of nitrogens with one attached hydrogen (secondary N) is 1. The van der Waals surface area contributed by atoms with Crippen LogP contribution in [0.1, 0.15) is 26.7 Å². The molecule has 0 aliphatic rings. The van der Waals surface area contributed by atoms with Crippen molar-refractivity contribution in [1.82, 2.24) is 15.1 Å². The maximum absolute atomic E-state index is 11.9. The van der Waals surface area contributed by atoms with E-state index in [0.29, 0.717) is 0 Å². The summed E-state index contributed by atoms with van der Waals surface area (Å²) in [4.78, 5) is 13.0. The number of hydrogen-bond acceptors (Lipinski definition) is 5. The average Bonchev–Trinajstić information content (AvgIpc) is 2.81. The largest absolute Gasteiger partial charge is 0.468 e. The lowest BCUT2D eigenvalue weighted by molar-refractivity contribution is -0.148. The van der Waals surface area contributed by atoms with Gasteiger partial charge in [-0.3, -0.25) is 9.48 Å². The molecule has 0 amide bonds. The lowest BCUT2D eigenvalue weighted by Gasteiger charge is -2.27. The van der Waals surface area contributed by atoms with Gasteiger partial charge in [-0.05, 0) is 26.3 Å². The van der Waals surface area contributed by atoms with E-state index in [1.165, 1.54) is 7.11 Å². The molecule has 0 aromatic carbocycles. The zero-order valence-corrected chi connectivity index (χ0v) is 12.9. The molecule has 5 nitrogen and oxygen atoms in total. The molecule has 0 fully saturated rings. The monoisotopic (exact) mass is 285 g/mol. The standard InChI is InChI=1S/C13H23N3O2S/c1-5-7-14-13(2,12(17)18-4)6-8-19-11-9-15-16(3)10-11/h9-10,14H,5-8H2,1-4H3. The first-order valence-electron chi connectivity index (χ1n) is 6.46. The summed E-state index contributed by atoms with van der Waals surface area (Å²) in [7, 11) is 3.33. The lowest BCUT2D eigenvalue weighted by atomic mass is 9.99. The minimum Gasteiger partial charge on any atom is -0.468 e. The van der Waals surface area contributed by atoms with Crippen LogP contribution in [0, 0.1) is 0 Å². The Morgan fingerprint density at radius 3 is 2.89 bits per heavy atom. The second-order valence-corrected chi connectivity index (χ2v) is 5.87. The highest BCUT2D eigenvalue weighted by Crippen LogP contribution is 2.22. The van der Waals surface area contributed by atoms with Gasteiger partial charge < -0.3 is 10.1 Å². The Hall–Kier alpha value is -1.01. The maximum atomic E-state index is 11.9. The molecule has 19 heavy (non-hydrogen) atoms. The van der Waals surface area contributed by atoms with E-state index in [-0.39, 0.29) is 5.97 Å². The quantitative estimate of drug-likeness (QED) is 0.583. The number of ether oxygens (including phenoxy) is 1. The van der Waals surface area contributed by atoms with Gasteiger partial charge >= 0.3 is 5.97 Å². The molecule has 0 radical (unpaired) electrons. The highest BCUT2D eigenvalue weighted by atomic mass is 32.2. The van der Waals surface area contributed by atoms with Gasteiger partial charge in [-0.2, -0.15) is 5.10 Å². The topological polar surface area (TPSA) is 56.2 Å². The summed E-state index contributed by atoms with van der Waals surface area (Å²) in [6, 6.07) is 0. The van der Waals surface area contributed by atoms with Gasteiger partial charge in [0.15, 0.2) is 0 Å². The van der Waals surface area contributed by atoms with Gasteiger partial charge in [0.2, 0.25) is 0 Å². The number of hydrogen-bond donors (Lipinski definition) is 1. The highest BCUT2D eigenvalue weighted by molar-refractivity contribution is 7.99. The Kier molecular flexibility index (Phi) is 6.37. The molecule has 1 aromatic rings. The summed E-state index contributed by atoms with van der Waals surface area (Å²) in [5, 5.41) is 7.40. The van der Waals surface area contributed by atoms with Crippen LogP contribution in [0.4, 0.5) is 0 Å². The van der Waals surface area contributed by atoms with Crippen molar-refractivity contribution in [1.29, 1.82) is 0 Å². The number of carbonyl (C=O) groups excluding carboxylic acids is 1. The van der Waals surface area contributed by atoms with E-state index in [9.17, 15) is 4.79 Å². The van der Waals surface area contributed by atoms with Crippen molar-refractivity contribution in [2.75, 3.05) is 19.4 Å². The molecule has 108 valence electrons. The summed E-state index contributed by atoms with van der Waals surface area (Å²) in [5.41, 5.74) is -0.611. The van der Waals surface area contributed by atoms with E-state index in [4.69, 9.17) is 4.74 Å². The van der Waals surface area contributed by atoms with E-state index >= 15 is 0 Å². The van der Waals surface area contributed by atoms with Crippen LogP contribution in [0.25, 0.3) is 0 Å². The molecule has 0 saturated heterocycles. The third-order valence-electron chi connectivity index (χ3n) is 2.95. The fourth-order valence-corrected chi connectivity index (χ4v) is 2.83. The van der Waals surface area contributed by atoms with E-state index in [1.807, 2.05) is 26.4 Å². The minimum absolute atomic E-state index is 0.201. The lowest BCUT2D eigenvalue weighted by Crippen LogP contribution is -2.50. The van der Waals surface area contributed by atoms with Gasteiger partial charge in [-0.1, -0.05) is 6.92 Å². The summed E-state index contributed by atoms with van der Waals surface area (Å²) < 4.78 is 6.67. The molecule has 1 unspecified atom stereocenters. The summed E-state index contributed by atoms with van der Waals surface area (Å²) >= 11 is 1.70. The van der Waals surface area contributed by atoms with Crippen LogP contribution in [-0.4, -0.2) is 40.7 Å². The Bertz CT molecular complexity index is 408. The molecule has 0 aliphatic heterocycles. The van der Waals surface area contributed by atoms with Crippen LogP contribution < -0.4 is 5.32 Å². The van der Waals surface area contributed by atoms with Crippen molar-refractivity contribution in [2.45, 2.75) is 37.1 Å². The first kappa shape index (κ1) is 16.0. The number of thioether (sulfide) groups is 1. The summed E-state index contributed by atoms with van der Waals surface area (Å²) in [6.45, 7) is 4.79. The van der Waals surface area contributed by atoms with Crippen LogP contribution in [0.15, 0.2) is 17.3 Å². The molecule has 1 heterocycles. The molecule has 6 heteroatoms. The fourth-order valence-electron chi connectivity index (χ4n) is 1.74. The fraction of sp³-hybridized carbons (Fsp3) is 0.692. The number of esters is 1. The van der Waals surface area contributed by atoms with E-state index in [0.717, 1.165) is 30.0 Å². The van der Waals surface area contributed by atoms with Gasteiger partial charge in [-0.15, -0.1) is 11.8 Å². The Labute approximate surface area is 119 Å². The van der Waals surface area contributed by atoms with Crippen molar-refractivity contribution in [2.24, 2.45) is 7.05 Å². The van der Waals surface area contributed by atoms with Crippen LogP contribution in [0.2, 0.25) is 0 Å². The van der Waals surface area contributed by atoms with Crippen molar-refractivity contribution >= 4 is 17.7 Å². The first-order chi connectivity index (χ1) is 9.01. The van der Waals surface area contributed by atoms with Gasteiger partial charge in [0.25, 0.3) is 0 Å². The van der Waals surface area contributed by atoms with Crippen LogP contribution in [0.3, 0.4) is 0 Å². The smallest absolute Gasteiger partial charge is 0.325 e. The SMILES string of the molecule is CCCNC(C)(CCSc1cnn(C)c1)C(=O)OC. The van der Waals surface area contributed by atoms with Gasteiger partial charge in [0.1, 0.15) is 5.54 Å². The molecular formula is C13H23N3O2S. The Morgan fingerprint density at radius 1 is 1.63 bits per heavy atom. The Morgan fingerprint density at radius 2 is 2.37 bits per heavy atom. The number of methoxy groups -OCH3 is 1. The zero-order chi connectivity index (χ0) is 14.3. The second-order valence-electron chi connectivity index (χ2n) is 4.70. The summed E-state index contributed by atoms with van der Waals surface area (Å²) in [5.74, 6) is 0.640. The van der Waals surface area contributed by atoms with E-state index < -0.39 is 5.54 Å². The molecule has 1 N–H and O–H groups in total. The zero-order valence-electron chi connectivity index (χ0n) is 12.1. The van der Waals surface area contributed by atoms with Gasteiger partial charge in [-0.25, -0.2) is 0 Å². The van der Waals surface area contributed by atoms with Crippen LogP contribution in [0.5, 0.6) is 0 Å². The molecule has 0 spiro atoms. The predicted molar refractivity (Wildman–Crippen MR) is 77.3 cm³/mol. The number of aryl methyl sites for hydroxylation is 1. The maximum Gasteiger partial charge on any atom is 0.325 e. The third-order valence-corrected chi connectivity index (χ3v) is 3.91. The molecule has 0 aliphatic carbocycles. The minimum atomic E-state index is -0.611. The Balaban J connectivity index is 2.50. The van der Waals surface area contributed by atoms with Crippen molar-refractivity contribution in [3.63, 3.8) is 0 Å². The predicted octanol–water partition coefficient (Wildman–Crippen LogP) is 1.83. The normalized spacial score (nSPS) is 14.1. The molecule has 1 aromatic heterocycles. The van der Waals surface area contributed by atoms with Crippen molar-refractivity contribution < 1.29 is 9.53 Å². The molecule has 1 atom stereocenters. The highest BCUT2D eigenvalue weighted by Gasteiger charge is 2.33. The first-order valence-corrected chi connectivity index (χ1v) is 7.45. The second kappa shape index (κ2) is 7.55. The summed E-state index contributed by atoms with van der Waals surface area (Å²) in [6.07, 6.45) is 5.51. The molecule has 1 rings (SSSR count). The average molecular weight is 285 g/mol. The van der Waals surface area contributed by atoms with E-state index in [2.05, 4.69) is 17.3 Å². The van der Waals surface area contributed by atoms with Crippen molar-refractivity contribution in [3.05, 3.63) is 12.4 Å². The number of rotatable bonds is 8. The van der Waals surface area contributed by atoms with Crippen LogP contribution >= 0.6 is 11.8 Å². The number of nitrogens with zero attached hydrogens (tertiary/aromatic N) is 2. The van der Waals surface area contributed by atoms with Gasteiger partial charge in [0.05, 0.1) is 13.3 Å². The number of carbonyl (C=O) groups is 1. The van der Waals surface area contributed by atoms with Crippen molar-refractivity contribution in [3.8, 4) is 0 Å². The molecule has 0 bridgehead atoms.